The number of piperidine rings is 2. The van der Waals surface area contributed by atoms with Crippen LogP contribution < -0.4 is 10.2 Å². The van der Waals surface area contributed by atoms with Gasteiger partial charge in [-0.15, -0.1) is 0 Å². The standard InChI is InChI=1S/C23H32N6O/c1-17-14-25-18(2)22(27-17)28-12-8-21(9-13-28)29-11-5-6-19(16-29)23(30)26-15-20-7-3-4-10-24-20/h3-4,7,10,14,19,21H,5-6,8-9,11-13,15-16H2,1-2H3,(H,26,30). The van der Waals surface area contributed by atoms with E-state index >= 15 is 0 Å². The van der Waals surface area contributed by atoms with Crippen molar-refractivity contribution in [1.29, 1.82) is 0 Å². The Hall–Kier alpha value is -2.54. The van der Waals surface area contributed by atoms with Gasteiger partial charge in [0, 0.05) is 38.1 Å². The van der Waals surface area contributed by atoms with E-state index in [0.29, 0.717) is 12.6 Å². The first-order valence-electron chi connectivity index (χ1n) is 11.1. The monoisotopic (exact) mass is 408 g/mol. The zero-order valence-corrected chi connectivity index (χ0v) is 18.0. The van der Waals surface area contributed by atoms with Crippen molar-refractivity contribution >= 4 is 11.7 Å². The van der Waals surface area contributed by atoms with Gasteiger partial charge in [0.2, 0.25) is 5.91 Å². The largest absolute Gasteiger partial charge is 0.355 e. The summed E-state index contributed by atoms with van der Waals surface area (Å²) < 4.78 is 0. The number of carbonyl (C=O) groups excluding carboxylic acids is 1. The number of likely N-dealkylation sites (tertiary alicyclic amines) is 1. The van der Waals surface area contributed by atoms with E-state index in [1.54, 1.807) is 6.20 Å². The van der Waals surface area contributed by atoms with Crippen LogP contribution in [0, 0.1) is 19.8 Å². The number of amides is 1. The number of hydrogen-bond donors (Lipinski definition) is 1. The third kappa shape index (κ3) is 4.95. The molecule has 2 aromatic heterocycles. The molecular weight excluding hydrogens is 376 g/mol. The van der Waals surface area contributed by atoms with Crippen molar-refractivity contribution in [3.63, 3.8) is 0 Å². The minimum Gasteiger partial charge on any atom is -0.355 e. The van der Waals surface area contributed by atoms with Gasteiger partial charge in [0.1, 0.15) is 5.82 Å². The van der Waals surface area contributed by atoms with E-state index in [4.69, 9.17) is 4.98 Å². The van der Waals surface area contributed by atoms with Crippen LogP contribution in [-0.2, 0) is 11.3 Å². The smallest absolute Gasteiger partial charge is 0.224 e. The summed E-state index contributed by atoms with van der Waals surface area (Å²) in [5.74, 6) is 1.26. The molecule has 0 spiro atoms. The van der Waals surface area contributed by atoms with E-state index in [9.17, 15) is 4.79 Å². The molecule has 1 atom stereocenters. The van der Waals surface area contributed by atoms with Gasteiger partial charge in [0.25, 0.3) is 0 Å². The minimum absolute atomic E-state index is 0.0744. The van der Waals surface area contributed by atoms with Gasteiger partial charge in [-0.2, -0.15) is 0 Å². The number of nitrogens with zero attached hydrogens (tertiary/aromatic N) is 5. The molecule has 2 fully saturated rings. The zero-order chi connectivity index (χ0) is 20.9. The molecule has 2 aliphatic rings. The average Bonchev–Trinajstić information content (AvgIpc) is 2.80. The molecule has 0 bridgehead atoms. The van der Waals surface area contributed by atoms with Gasteiger partial charge in [-0.1, -0.05) is 6.07 Å². The summed E-state index contributed by atoms with van der Waals surface area (Å²) in [7, 11) is 0. The number of aromatic nitrogens is 3. The molecule has 7 nitrogen and oxygen atoms in total. The van der Waals surface area contributed by atoms with Crippen LogP contribution in [0.15, 0.2) is 30.6 Å². The molecule has 0 aromatic carbocycles. The first-order chi connectivity index (χ1) is 14.6. The maximum Gasteiger partial charge on any atom is 0.224 e. The molecule has 1 amide bonds. The van der Waals surface area contributed by atoms with Crippen molar-refractivity contribution in [1.82, 2.24) is 25.2 Å². The summed E-state index contributed by atoms with van der Waals surface area (Å²) in [5.41, 5.74) is 2.87. The summed E-state index contributed by atoms with van der Waals surface area (Å²) in [6, 6.07) is 6.34. The summed E-state index contributed by atoms with van der Waals surface area (Å²) in [4.78, 5) is 31.1. The molecule has 4 heterocycles. The molecule has 0 saturated carbocycles. The Morgan fingerprint density at radius 2 is 1.97 bits per heavy atom. The topological polar surface area (TPSA) is 74.2 Å². The molecule has 1 N–H and O–H groups in total. The van der Waals surface area contributed by atoms with Gasteiger partial charge in [-0.3, -0.25) is 19.7 Å². The van der Waals surface area contributed by atoms with E-state index in [2.05, 4.69) is 25.1 Å². The van der Waals surface area contributed by atoms with Crippen molar-refractivity contribution in [2.24, 2.45) is 5.92 Å². The van der Waals surface area contributed by atoms with Gasteiger partial charge in [-0.25, -0.2) is 4.98 Å². The first kappa shape index (κ1) is 20.7. The number of aryl methyl sites for hydroxylation is 2. The molecule has 2 aliphatic heterocycles. The number of carbonyl (C=O) groups is 1. The average molecular weight is 409 g/mol. The molecule has 7 heteroatoms. The quantitative estimate of drug-likeness (QED) is 0.819. The fraction of sp³-hybridized carbons (Fsp3) is 0.565. The van der Waals surface area contributed by atoms with Gasteiger partial charge in [0.05, 0.1) is 29.5 Å². The predicted molar refractivity (Wildman–Crippen MR) is 117 cm³/mol. The second kappa shape index (κ2) is 9.51. The second-order valence-corrected chi connectivity index (χ2v) is 8.51. The zero-order valence-electron chi connectivity index (χ0n) is 18.0. The van der Waals surface area contributed by atoms with Crippen LogP contribution in [0.4, 0.5) is 5.82 Å². The van der Waals surface area contributed by atoms with Crippen molar-refractivity contribution in [3.05, 3.63) is 47.7 Å². The molecule has 0 radical (unpaired) electrons. The molecule has 2 aromatic rings. The Balaban J connectivity index is 1.29. The Morgan fingerprint density at radius 3 is 2.73 bits per heavy atom. The SMILES string of the molecule is Cc1cnc(C)c(N2CCC(N3CCCC(C(=O)NCc4ccccn4)C3)CC2)n1. The van der Waals surface area contributed by atoms with Crippen LogP contribution in [0.25, 0.3) is 0 Å². The first-order valence-corrected chi connectivity index (χ1v) is 11.1. The Labute approximate surface area is 178 Å². The van der Waals surface area contributed by atoms with Gasteiger partial charge < -0.3 is 10.2 Å². The summed E-state index contributed by atoms with van der Waals surface area (Å²) in [5, 5.41) is 3.08. The molecule has 30 heavy (non-hydrogen) atoms. The van der Waals surface area contributed by atoms with E-state index in [0.717, 1.165) is 74.8 Å². The van der Waals surface area contributed by atoms with Crippen molar-refractivity contribution in [3.8, 4) is 0 Å². The highest BCUT2D eigenvalue weighted by molar-refractivity contribution is 5.78. The lowest BCUT2D eigenvalue weighted by Crippen LogP contribution is -2.51. The summed E-state index contributed by atoms with van der Waals surface area (Å²) in [6.07, 6.45) is 7.87. The van der Waals surface area contributed by atoms with Crippen LogP contribution in [-0.4, -0.2) is 58.0 Å². The number of rotatable bonds is 5. The van der Waals surface area contributed by atoms with Crippen LogP contribution in [0.1, 0.15) is 42.8 Å². The van der Waals surface area contributed by atoms with Gasteiger partial charge in [-0.05, 0) is 58.2 Å². The second-order valence-electron chi connectivity index (χ2n) is 8.51. The highest BCUT2D eigenvalue weighted by Crippen LogP contribution is 2.26. The fourth-order valence-electron chi connectivity index (χ4n) is 4.64. The lowest BCUT2D eigenvalue weighted by molar-refractivity contribution is -0.127. The number of anilines is 1. The van der Waals surface area contributed by atoms with Crippen molar-refractivity contribution in [2.45, 2.75) is 52.1 Å². The maximum atomic E-state index is 12.7. The lowest BCUT2D eigenvalue weighted by Gasteiger charge is -2.42. The molecule has 1 unspecified atom stereocenters. The number of hydrogen-bond acceptors (Lipinski definition) is 6. The van der Waals surface area contributed by atoms with Crippen LogP contribution >= 0.6 is 0 Å². The van der Waals surface area contributed by atoms with E-state index in [1.807, 2.05) is 38.2 Å². The van der Waals surface area contributed by atoms with Crippen LogP contribution in [0.3, 0.4) is 0 Å². The van der Waals surface area contributed by atoms with Crippen LogP contribution in [0.5, 0.6) is 0 Å². The number of pyridine rings is 1. The third-order valence-corrected chi connectivity index (χ3v) is 6.32. The van der Waals surface area contributed by atoms with E-state index < -0.39 is 0 Å². The third-order valence-electron chi connectivity index (χ3n) is 6.32. The fourth-order valence-corrected chi connectivity index (χ4v) is 4.64. The summed E-state index contributed by atoms with van der Waals surface area (Å²) in [6.45, 7) is 8.49. The van der Waals surface area contributed by atoms with Crippen molar-refractivity contribution < 1.29 is 4.79 Å². The minimum atomic E-state index is 0.0744. The van der Waals surface area contributed by atoms with Gasteiger partial charge in [0.15, 0.2) is 0 Å². The van der Waals surface area contributed by atoms with Crippen molar-refractivity contribution in [2.75, 3.05) is 31.1 Å². The normalized spacial score (nSPS) is 20.9. The van der Waals surface area contributed by atoms with Crippen LogP contribution in [0.2, 0.25) is 0 Å². The Kier molecular flexibility index (Phi) is 6.57. The Bertz CT molecular complexity index is 850. The van der Waals surface area contributed by atoms with E-state index in [1.165, 1.54) is 0 Å². The maximum absolute atomic E-state index is 12.7. The Morgan fingerprint density at radius 1 is 1.13 bits per heavy atom. The predicted octanol–water partition coefficient (Wildman–Crippen LogP) is 2.49. The highest BCUT2D eigenvalue weighted by atomic mass is 16.1. The highest BCUT2D eigenvalue weighted by Gasteiger charge is 2.32. The molecule has 160 valence electrons. The number of nitrogens with one attached hydrogen (secondary N) is 1. The van der Waals surface area contributed by atoms with E-state index in [-0.39, 0.29) is 11.8 Å². The molecule has 4 rings (SSSR count). The van der Waals surface area contributed by atoms with Gasteiger partial charge >= 0.3 is 0 Å². The molecule has 2 saturated heterocycles. The molecule has 0 aliphatic carbocycles. The molecular formula is C23H32N6O. The summed E-state index contributed by atoms with van der Waals surface area (Å²) >= 11 is 0. The lowest BCUT2D eigenvalue weighted by atomic mass is 9.93.